The highest BCUT2D eigenvalue weighted by atomic mass is 16.3. The summed E-state index contributed by atoms with van der Waals surface area (Å²) in [5, 5.41) is 27.2. The van der Waals surface area contributed by atoms with Crippen molar-refractivity contribution in [1.29, 1.82) is 5.26 Å². The summed E-state index contributed by atoms with van der Waals surface area (Å²) in [6, 6.07) is 4.43. The van der Waals surface area contributed by atoms with E-state index in [1.54, 1.807) is 6.07 Å². The first-order valence-electron chi connectivity index (χ1n) is 4.31. The summed E-state index contributed by atoms with van der Waals surface area (Å²) in [6.45, 7) is 1.90. The Balaban J connectivity index is 3.24. The highest BCUT2D eigenvalue weighted by Crippen LogP contribution is 2.32. The predicted molar refractivity (Wildman–Crippen MR) is 51.7 cm³/mol. The lowest BCUT2D eigenvalue weighted by molar-refractivity contribution is 0.401. The summed E-state index contributed by atoms with van der Waals surface area (Å²) in [5.74, 6) is -0.692. The van der Waals surface area contributed by atoms with Gasteiger partial charge in [0, 0.05) is 6.04 Å². The smallest absolute Gasteiger partial charge is 0.175 e. The number of aromatic hydroxyl groups is 2. The van der Waals surface area contributed by atoms with Crippen LogP contribution in [0.5, 0.6) is 11.5 Å². The fraction of sp³-hybridized carbons (Fsp3) is 0.300. The molecule has 1 aromatic carbocycles. The molecule has 4 N–H and O–H groups in total. The van der Waals surface area contributed by atoms with E-state index in [9.17, 15) is 10.2 Å². The summed E-state index contributed by atoms with van der Waals surface area (Å²) in [6.07, 6.45) is 0.703. The van der Waals surface area contributed by atoms with Crippen LogP contribution < -0.4 is 5.73 Å². The van der Waals surface area contributed by atoms with Crippen LogP contribution in [0.25, 0.3) is 0 Å². The lowest BCUT2D eigenvalue weighted by Gasteiger charge is -2.10. The van der Waals surface area contributed by atoms with E-state index in [2.05, 4.69) is 0 Å². The van der Waals surface area contributed by atoms with Crippen molar-refractivity contribution in [1.82, 2.24) is 0 Å². The maximum absolute atomic E-state index is 9.30. The number of phenols is 2. The van der Waals surface area contributed by atoms with Crippen molar-refractivity contribution in [3.8, 4) is 17.6 Å². The highest BCUT2D eigenvalue weighted by molar-refractivity contribution is 5.53. The Morgan fingerprint density at radius 3 is 2.64 bits per heavy atom. The first kappa shape index (κ1) is 10.4. The summed E-state index contributed by atoms with van der Waals surface area (Å²) in [4.78, 5) is 0. The van der Waals surface area contributed by atoms with Crippen LogP contribution in [0.2, 0.25) is 0 Å². The Hall–Kier alpha value is -1.73. The minimum absolute atomic E-state index is 0.0453. The van der Waals surface area contributed by atoms with Gasteiger partial charge in [0.1, 0.15) is 6.07 Å². The number of rotatable bonds is 2. The third-order valence-corrected chi connectivity index (χ3v) is 2.10. The van der Waals surface area contributed by atoms with E-state index in [0.29, 0.717) is 12.0 Å². The van der Waals surface area contributed by atoms with Crippen LogP contribution in [0.4, 0.5) is 0 Å². The zero-order valence-corrected chi connectivity index (χ0v) is 7.86. The SMILES string of the molecule is CCC(N)c1cc(O)c(O)c(C#N)c1. The molecule has 0 amide bonds. The molecule has 1 rings (SSSR count). The van der Waals surface area contributed by atoms with Crippen LogP contribution in [-0.2, 0) is 0 Å². The first-order chi connectivity index (χ1) is 6.60. The number of nitrogens with two attached hydrogens (primary N) is 1. The van der Waals surface area contributed by atoms with Gasteiger partial charge in [-0.15, -0.1) is 0 Å². The molecular weight excluding hydrogens is 180 g/mol. The maximum Gasteiger partial charge on any atom is 0.175 e. The van der Waals surface area contributed by atoms with Gasteiger partial charge in [-0.25, -0.2) is 0 Å². The quantitative estimate of drug-likeness (QED) is 0.617. The molecule has 1 unspecified atom stereocenters. The van der Waals surface area contributed by atoms with Crippen molar-refractivity contribution in [2.45, 2.75) is 19.4 Å². The maximum atomic E-state index is 9.30. The van der Waals surface area contributed by atoms with Gasteiger partial charge in [0.25, 0.3) is 0 Å². The van der Waals surface area contributed by atoms with Crippen LogP contribution in [0, 0.1) is 11.3 Å². The molecule has 0 bridgehead atoms. The molecule has 0 aliphatic carbocycles. The summed E-state index contributed by atoms with van der Waals surface area (Å²) in [7, 11) is 0. The molecule has 4 nitrogen and oxygen atoms in total. The number of hydrogen-bond donors (Lipinski definition) is 3. The topological polar surface area (TPSA) is 90.3 Å². The van der Waals surface area contributed by atoms with Crippen molar-refractivity contribution < 1.29 is 10.2 Å². The standard InChI is InChI=1S/C10H12N2O2/c1-2-8(12)6-3-7(5-11)10(14)9(13)4-6/h3-4,8,13-14H,2,12H2,1H3. The van der Waals surface area contributed by atoms with Gasteiger partial charge in [-0.1, -0.05) is 6.92 Å². The summed E-state index contributed by atoms with van der Waals surface area (Å²) in [5.41, 5.74) is 6.43. The van der Waals surface area contributed by atoms with E-state index >= 15 is 0 Å². The van der Waals surface area contributed by atoms with Crippen LogP contribution >= 0.6 is 0 Å². The van der Waals surface area contributed by atoms with Crippen molar-refractivity contribution in [2.24, 2.45) is 5.73 Å². The molecule has 0 saturated heterocycles. The van der Waals surface area contributed by atoms with E-state index in [1.807, 2.05) is 6.92 Å². The minimum atomic E-state index is -0.389. The first-order valence-corrected chi connectivity index (χ1v) is 4.31. The van der Waals surface area contributed by atoms with Gasteiger partial charge in [-0.2, -0.15) is 5.26 Å². The van der Waals surface area contributed by atoms with E-state index in [0.717, 1.165) is 0 Å². The van der Waals surface area contributed by atoms with E-state index in [4.69, 9.17) is 11.0 Å². The van der Waals surface area contributed by atoms with Crippen LogP contribution in [-0.4, -0.2) is 10.2 Å². The van der Waals surface area contributed by atoms with Gasteiger partial charge in [-0.3, -0.25) is 0 Å². The van der Waals surface area contributed by atoms with E-state index < -0.39 is 0 Å². The molecule has 0 spiro atoms. The molecule has 74 valence electrons. The Morgan fingerprint density at radius 2 is 2.14 bits per heavy atom. The zero-order chi connectivity index (χ0) is 10.7. The fourth-order valence-electron chi connectivity index (χ4n) is 1.18. The molecule has 14 heavy (non-hydrogen) atoms. The van der Waals surface area contributed by atoms with E-state index in [1.165, 1.54) is 12.1 Å². The van der Waals surface area contributed by atoms with Gasteiger partial charge in [0.15, 0.2) is 11.5 Å². The molecule has 0 aromatic heterocycles. The Morgan fingerprint density at radius 1 is 1.50 bits per heavy atom. The third-order valence-electron chi connectivity index (χ3n) is 2.10. The van der Waals surface area contributed by atoms with Gasteiger partial charge in [0.2, 0.25) is 0 Å². The lowest BCUT2D eigenvalue weighted by Crippen LogP contribution is -2.08. The Bertz CT molecular complexity index is 382. The second kappa shape index (κ2) is 3.99. The molecule has 0 saturated carbocycles. The third kappa shape index (κ3) is 1.78. The van der Waals surface area contributed by atoms with Crippen molar-refractivity contribution in [3.05, 3.63) is 23.3 Å². The molecule has 1 aromatic rings. The normalized spacial score (nSPS) is 12.1. The number of phenolic OH excluding ortho intramolecular Hbond substituents is 2. The number of benzene rings is 1. The summed E-state index contributed by atoms with van der Waals surface area (Å²) >= 11 is 0. The fourth-order valence-corrected chi connectivity index (χ4v) is 1.18. The average molecular weight is 192 g/mol. The minimum Gasteiger partial charge on any atom is -0.504 e. The molecule has 0 aliphatic rings. The molecular formula is C10H12N2O2. The lowest BCUT2D eigenvalue weighted by atomic mass is 10.0. The Labute approximate surface area is 82.2 Å². The van der Waals surface area contributed by atoms with Crippen LogP contribution in [0.1, 0.15) is 30.5 Å². The molecule has 0 heterocycles. The Kier molecular flexibility index (Phi) is 2.95. The zero-order valence-electron chi connectivity index (χ0n) is 7.86. The van der Waals surface area contributed by atoms with Crippen molar-refractivity contribution in [2.75, 3.05) is 0 Å². The monoisotopic (exact) mass is 192 g/mol. The second-order valence-corrected chi connectivity index (χ2v) is 3.06. The number of nitriles is 1. The second-order valence-electron chi connectivity index (χ2n) is 3.06. The molecule has 0 fully saturated rings. The molecule has 1 atom stereocenters. The van der Waals surface area contributed by atoms with Gasteiger partial charge >= 0.3 is 0 Å². The van der Waals surface area contributed by atoms with Crippen molar-refractivity contribution in [3.63, 3.8) is 0 Å². The summed E-state index contributed by atoms with van der Waals surface area (Å²) < 4.78 is 0. The highest BCUT2D eigenvalue weighted by Gasteiger charge is 2.11. The number of nitrogens with zero attached hydrogens (tertiary/aromatic N) is 1. The number of hydrogen-bond acceptors (Lipinski definition) is 4. The van der Waals surface area contributed by atoms with Gasteiger partial charge < -0.3 is 15.9 Å². The molecule has 0 aliphatic heterocycles. The molecule has 0 radical (unpaired) electrons. The predicted octanol–water partition coefficient (Wildman–Crippen LogP) is 1.38. The van der Waals surface area contributed by atoms with Gasteiger partial charge in [0.05, 0.1) is 5.56 Å². The largest absolute Gasteiger partial charge is 0.504 e. The van der Waals surface area contributed by atoms with Crippen LogP contribution in [0.3, 0.4) is 0 Å². The van der Waals surface area contributed by atoms with Gasteiger partial charge in [-0.05, 0) is 24.1 Å². The van der Waals surface area contributed by atoms with E-state index in [-0.39, 0.29) is 23.1 Å². The molecule has 4 heteroatoms. The average Bonchev–Trinajstić information content (AvgIpc) is 2.20. The van der Waals surface area contributed by atoms with Crippen LogP contribution in [0.15, 0.2) is 12.1 Å². The van der Waals surface area contributed by atoms with Crippen molar-refractivity contribution >= 4 is 0 Å².